The summed E-state index contributed by atoms with van der Waals surface area (Å²) >= 11 is 3.56. The van der Waals surface area contributed by atoms with Crippen molar-refractivity contribution in [2.75, 3.05) is 13.1 Å². The zero-order valence-electron chi connectivity index (χ0n) is 12.7. The number of halogens is 1. The maximum absolute atomic E-state index is 3.64. The van der Waals surface area contributed by atoms with Crippen molar-refractivity contribution in [3.05, 3.63) is 34.3 Å². The molecule has 1 aromatic rings. The number of hydrogen-bond acceptors (Lipinski definition) is 1. The minimum Gasteiger partial charge on any atom is -0.316 e. The molecule has 2 aliphatic rings. The normalized spacial score (nSPS) is 38.0. The Hall–Kier alpha value is -0.340. The van der Waals surface area contributed by atoms with Gasteiger partial charge in [0, 0.05) is 16.9 Å². The van der Waals surface area contributed by atoms with E-state index in [1.54, 1.807) is 0 Å². The van der Waals surface area contributed by atoms with Crippen molar-refractivity contribution in [1.82, 2.24) is 5.32 Å². The zero-order valence-corrected chi connectivity index (χ0v) is 14.2. The molecule has 0 aromatic heterocycles. The minimum atomic E-state index is 0.533. The molecule has 20 heavy (non-hydrogen) atoms. The molecule has 110 valence electrons. The summed E-state index contributed by atoms with van der Waals surface area (Å²) in [6.45, 7) is 7.29. The lowest BCUT2D eigenvalue weighted by atomic mass is 9.54. The fourth-order valence-corrected chi connectivity index (χ4v) is 4.96. The van der Waals surface area contributed by atoms with Crippen LogP contribution in [0.2, 0.25) is 0 Å². The number of rotatable bonds is 1. The van der Waals surface area contributed by atoms with Crippen molar-refractivity contribution in [1.29, 1.82) is 0 Å². The minimum absolute atomic E-state index is 0.533. The summed E-state index contributed by atoms with van der Waals surface area (Å²) in [4.78, 5) is 0. The highest BCUT2D eigenvalue weighted by Crippen LogP contribution is 2.55. The predicted molar refractivity (Wildman–Crippen MR) is 89.0 cm³/mol. The van der Waals surface area contributed by atoms with Gasteiger partial charge in [-0.15, -0.1) is 0 Å². The third kappa shape index (κ3) is 2.57. The molecule has 0 bridgehead atoms. The maximum Gasteiger partial charge on any atom is 0.0175 e. The Balaban J connectivity index is 1.92. The summed E-state index contributed by atoms with van der Waals surface area (Å²) in [5.74, 6) is 2.45. The van der Waals surface area contributed by atoms with E-state index < -0.39 is 0 Å². The first-order chi connectivity index (χ1) is 9.62. The predicted octanol–water partition coefficient (Wildman–Crippen LogP) is 4.97. The van der Waals surface area contributed by atoms with Crippen LogP contribution in [0.1, 0.15) is 51.0 Å². The van der Waals surface area contributed by atoms with Gasteiger partial charge in [0.15, 0.2) is 0 Å². The molecule has 0 amide bonds. The van der Waals surface area contributed by atoms with Gasteiger partial charge in [-0.2, -0.15) is 0 Å². The molecular formula is C18H26BrN. The molecular weight excluding hydrogens is 310 g/mol. The molecule has 1 heterocycles. The molecule has 2 heteroatoms. The summed E-state index contributed by atoms with van der Waals surface area (Å²) < 4.78 is 1.18. The van der Waals surface area contributed by atoms with E-state index in [0.29, 0.717) is 11.3 Å². The van der Waals surface area contributed by atoms with Crippen LogP contribution in [0.5, 0.6) is 0 Å². The van der Waals surface area contributed by atoms with Gasteiger partial charge in [0.25, 0.3) is 0 Å². The molecule has 1 saturated carbocycles. The average Bonchev–Trinajstić information content (AvgIpc) is 2.45. The van der Waals surface area contributed by atoms with Crippen LogP contribution in [-0.4, -0.2) is 13.1 Å². The second-order valence-electron chi connectivity index (χ2n) is 7.07. The average molecular weight is 336 g/mol. The summed E-state index contributed by atoms with van der Waals surface area (Å²) in [6.07, 6.45) is 5.59. The summed E-state index contributed by atoms with van der Waals surface area (Å²) in [5.41, 5.74) is 2.06. The third-order valence-electron chi connectivity index (χ3n) is 5.92. The Kier molecular flexibility index (Phi) is 4.24. The Morgan fingerprint density at radius 3 is 2.60 bits per heavy atom. The van der Waals surface area contributed by atoms with Gasteiger partial charge in [-0.1, -0.05) is 48.3 Å². The fraction of sp³-hybridized carbons (Fsp3) is 0.667. The lowest BCUT2D eigenvalue weighted by molar-refractivity contribution is 0.0229. The lowest BCUT2D eigenvalue weighted by Crippen LogP contribution is -2.49. The second kappa shape index (κ2) is 5.81. The third-order valence-corrected chi connectivity index (χ3v) is 6.45. The van der Waals surface area contributed by atoms with E-state index in [9.17, 15) is 0 Å². The highest BCUT2D eigenvalue weighted by molar-refractivity contribution is 9.10. The van der Waals surface area contributed by atoms with Gasteiger partial charge in [-0.25, -0.2) is 0 Å². The highest BCUT2D eigenvalue weighted by Gasteiger charge is 2.47. The Labute approximate surface area is 131 Å². The first-order valence-electron chi connectivity index (χ1n) is 8.08. The van der Waals surface area contributed by atoms with Crippen LogP contribution >= 0.6 is 15.9 Å². The molecule has 1 aliphatic carbocycles. The van der Waals surface area contributed by atoms with Crippen LogP contribution in [0, 0.1) is 17.3 Å². The van der Waals surface area contributed by atoms with Gasteiger partial charge < -0.3 is 5.32 Å². The van der Waals surface area contributed by atoms with E-state index in [0.717, 1.165) is 18.4 Å². The van der Waals surface area contributed by atoms with Gasteiger partial charge in [0.2, 0.25) is 0 Å². The molecule has 1 saturated heterocycles. The Morgan fingerprint density at radius 1 is 1.15 bits per heavy atom. The van der Waals surface area contributed by atoms with E-state index in [1.165, 1.54) is 42.3 Å². The number of piperidine rings is 1. The van der Waals surface area contributed by atoms with Crippen molar-refractivity contribution < 1.29 is 0 Å². The van der Waals surface area contributed by atoms with Crippen molar-refractivity contribution in [2.24, 2.45) is 17.3 Å². The van der Waals surface area contributed by atoms with Gasteiger partial charge in [0.05, 0.1) is 0 Å². The Bertz CT molecular complexity index is 455. The summed E-state index contributed by atoms with van der Waals surface area (Å²) in [6, 6.07) is 9.06. The molecule has 1 nitrogen and oxygen atoms in total. The Morgan fingerprint density at radius 2 is 1.90 bits per heavy atom. The molecule has 1 aliphatic heterocycles. The molecule has 1 N–H and O–H groups in total. The van der Waals surface area contributed by atoms with Crippen LogP contribution in [-0.2, 0) is 0 Å². The van der Waals surface area contributed by atoms with Crippen molar-refractivity contribution in [3.63, 3.8) is 0 Å². The maximum atomic E-state index is 3.64. The van der Waals surface area contributed by atoms with E-state index in [1.807, 2.05) is 0 Å². The zero-order chi connectivity index (χ0) is 14.2. The molecule has 0 radical (unpaired) electrons. The van der Waals surface area contributed by atoms with E-state index in [-0.39, 0.29) is 0 Å². The monoisotopic (exact) mass is 335 g/mol. The second-order valence-corrected chi connectivity index (χ2v) is 7.99. The van der Waals surface area contributed by atoms with E-state index >= 15 is 0 Å². The van der Waals surface area contributed by atoms with E-state index in [2.05, 4.69) is 59.4 Å². The summed E-state index contributed by atoms with van der Waals surface area (Å²) in [7, 11) is 0. The topological polar surface area (TPSA) is 12.0 Å². The van der Waals surface area contributed by atoms with Crippen LogP contribution < -0.4 is 5.32 Å². The first-order valence-corrected chi connectivity index (χ1v) is 8.87. The van der Waals surface area contributed by atoms with Gasteiger partial charge in [0.1, 0.15) is 0 Å². The molecule has 3 rings (SSSR count). The fourth-order valence-electron chi connectivity index (χ4n) is 4.70. The number of nitrogens with one attached hydrogen (secondary N) is 1. The first kappa shape index (κ1) is 14.6. The van der Waals surface area contributed by atoms with E-state index in [4.69, 9.17) is 0 Å². The van der Waals surface area contributed by atoms with Crippen LogP contribution in [0.25, 0.3) is 0 Å². The summed E-state index contributed by atoms with van der Waals surface area (Å²) in [5, 5.41) is 3.64. The van der Waals surface area contributed by atoms with Crippen LogP contribution in [0.4, 0.5) is 0 Å². The van der Waals surface area contributed by atoms with Crippen LogP contribution in [0.15, 0.2) is 28.7 Å². The highest BCUT2D eigenvalue weighted by atomic mass is 79.9. The number of benzene rings is 1. The molecule has 4 unspecified atom stereocenters. The standard InChI is InChI=1S/C18H26BrN/c1-13-7-8-18(14(2)11-13)9-10-20-12-17(18)15-3-5-16(19)6-4-15/h3-6,13-14,17,20H,7-12H2,1-2H3. The quantitative estimate of drug-likeness (QED) is 0.764. The van der Waals surface area contributed by atoms with Crippen molar-refractivity contribution >= 4 is 15.9 Å². The van der Waals surface area contributed by atoms with Gasteiger partial charge in [-0.05, 0) is 60.8 Å². The largest absolute Gasteiger partial charge is 0.316 e. The molecule has 4 atom stereocenters. The molecule has 1 spiro atoms. The lowest BCUT2D eigenvalue weighted by Gasteiger charge is -2.52. The van der Waals surface area contributed by atoms with Crippen molar-refractivity contribution in [2.45, 2.75) is 45.4 Å². The molecule has 2 fully saturated rings. The van der Waals surface area contributed by atoms with Gasteiger partial charge in [-0.3, -0.25) is 0 Å². The molecule has 1 aromatic carbocycles. The number of hydrogen-bond donors (Lipinski definition) is 1. The van der Waals surface area contributed by atoms with Crippen molar-refractivity contribution in [3.8, 4) is 0 Å². The van der Waals surface area contributed by atoms with Gasteiger partial charge >= 0.3 is 0 Å². The SMILES string of the molecule is CC1CCC2(CCNCC2c2ccc(Br)cc2)C(C)C1. The van der Waals surface area contributed by atoms with Crippen LogP contribution in [0.3, 0.4) is 0 Å². The smallest absolute Gasteiger partial charge is 0.0175 e.